The van der Waals surface area contributed by atoms with Crippen molar-refractivity contribution in [1.82, 2.24) is 19.4 Å². The Morgan fingerprint density at radius 3 is 1.82 bits per heavy atom. The molecule has 210 valence electrons. The van der Waals surface area contributed by atoms with E-state index in [0.717, 1.165) is 87.1 Å². The zero-order valence-corrected chi connectivity index (χ0v) is 23.5. The summed E-state index contributed by atoms with van der Waals surface area (Å²) in [6.07, 6.45) is 4.38. The van der Waals surface area contributed by atoms with E-state index in [4.69, 9.17) is 0 Å². The summed E-state index contributed by atoms with van der Waals surface area (Å²) in [7, 11) is 0. The molecule has 0 bridgehead atoms. The van der Waals surface area contributed by atoms with Gasteiger partial charge in [0.25, 0.3) is 0 Å². The van der Waals surface area contributed by atoms with Crippen molar-refractivity contribution in [3.05, 3.63) is 106 Å². The van der Waals surface area contributed by atoms with Gasteiger partial charge in [-0.2, -0.15) is 0 Å². The molecule has 39 heavy (non-hydrogen) atoms. The van der Waals surface area contributed by atoms with E-state index in [0.29, 0.717) is 0 Å². The number of piperazine rings is 1. The number of hydrogen-bond acceptors (Lipinski definition) is 3. The van der Waals surface area contributed by atoms with Gasteiger partial charge in [-0.25, -0.2) is 13.6 Å². The van der Waals surface area contributed by atoms with E-state index in [-0.39, 0.29) is 48.2 Å². The number of imidazole rings is 1. The molecule has 9 heteroatoms. The smallest absolute Gasteiger partial charge is 0.306 e. The van der Waals surface area contributed by atoms with Crippen molar-refractivity contribution < 1.29 is 8.78 Å². The first kappa shape index (κ1) is 30.8. The Kier molecular flexibility index (Phi) is 11.5. The molecule has 0 spiro atoms. The van der Waals surface area contributed by atoms with Crippen molar-refractivity contribution >= 4 is 35.8 Å². The average Bonchev–Trinajstić information content (AvgIpc) is 3.24. The van der Waals surface area contributed by atoms with Crippen LogP contribution in [0, 0.1) is 11.6 Å². The maximum absolute atomic E-state index is 13.6. The standard InChI is InChI=1S/C30H34F2N4O.2ClH/c31-25-13-9-23(10-14-25)29(24-11-15-26(32)16-12-24)35-21-19-34(20-22-35)17-5-1-2-6-18-36-28-8-4-3-7-27(28)33-30(36)37;;/h3-4,7-16,29H,1-2,5-6,17-22H2,(H,33,37);2*1H. The number of H-pyrrole nitrogens is 1. The van der Waals surface area contributed by atoms with E-state index < -0.39 is 0 Å². The highest BCUT2D eigenvalue weighted by atomic mass is 35.5. The quantitative estimate of drug-likeness (QED) is 0.221. The fourth-order valence-corrected chi connectivity index (χ4v) is 5.44. The van der Waals surface area contributed by atoms with Gasteiger partial charge in [0.05, 0.1) is 17.1 Å². The number of aryl methyl sites for hydroxylation is 1. The molecule has 1 N–H and O–H groups in total. The van der Waals surface area contributed by atoms with Crippen LogP contribution in [0.3, 0.4) is 0 Å². The maximum atomic E-state index is 13.6. The van der Waals surface area contributed by atoms with Crippen LogP contribution >= 0.6 is 24.8 Å². The minimum atomic E-state index is -0.250. The fraction of sp³-hybridized carbons (Fsp3) is 0.367. The van der Waals surface area contributed by atoms with Crippen molar-refractivity contribution in [2.45, 2.75) is 38.3 Å². The van der Waals surface area contributed by atoms with Gasteiger partial charge in [0, 0.05) is 32.7 Å². The van der Waals surface area contributed by atoms with E-state index in [1.165, 1.54) is 24.3 Å². The molecule has 1 aliphatic heterocycles. The summed E-state index contributed by atoms with van der Waals surface area (Å²) in [5, 5.41) is 0. The van der Waals surface area contributed by atoms with Crippen molar-refractivity contribution in [2.24, 2.45) is 0 Å². The number of aromatic nitrogens is 2. The second-order valence-electron chi connectivity index (χ2n) is 9.90. The normalized spacial score (nSPS) is 14.3. The summed E-state index contributed by atoms with van der Waals surface area (Å²) in [4.78, 5) is 20.1. The highest BCUT2D eigenvalue weighted by Crippen LogP contribution is 2.30. The summed E-state index contributed by atoms with van der Waals surface area (Å²) >= 11 is 0. The van der Waals surface area contributed by atoms with Crippen LogP contribution in [-0.4, -0.2) is 52.1 Å². The van der Waals surface area contributed by atoms with Crippen LogP contribution in [0.1, 0.15) is 42.9 Å². The number of rotatable bonds is 10. The Bertz CT molecular complexity index is 1300. The van der Waals surface area contributed by atoms with Gasteiger partial charge in [-0.3, -0.25) is 9.47 Å². The molecular formula is C30H36Cl2F2N4O. The lowest BCUT2D eigenvalue weighted by atomic mass is 9.96. The average molecular weight is 578 g/mol. The first-order valence-corrected chi connectivity index (χ1v) is 13.2. The zero-order valence-electron chi connectivity index (χ0n) is 21.9. The third-order valence-electron chi connectivity index (χ3n) is 7.43. The van der Waals surface area contributed by atoms with Crippen molar-refractivity contribution in [3.63, 3.8) is 0 Å². The first-order chi connectivity index (χ1) is 18.1. The molecule has 0 aliphatic carbocycles. The van der Waals surface area contributed by atoms with Gasteiger partial charge in [0.1, 0.15) is 11.6 Å². The maximum Gasteiger partial charge on any atom is 0.326 e. The van der Waals surface area contributed by atoms with Gasteiger partial charge in [-0.1, -0.05) is 49.2 Å². The molecule has 5 nitrogen and oxygen atoms in total. The van der Waals surface area contributed by atoms with Crippen LogP contribution in [-0.2, 0) is 6.54 Å². The van der Waals surface area contributed by atoms with Crippen LogP contribution in [0.15, 0.2) is 77.6 Å². The third kappa shape index (κ3) is 7.70. The monoisotopic (exact) mass is 576 g/mol. The Balaban J connectivity index is 0.00000210. The van der Waals surface area contributed by atoms with Crippen molar-refractivity contribution in [2.75, 3.05) is 32.7 Å². The predicted molar refractivity (Wildman–Crippen MR) is 158 cm³/mol. The van der Waals surface area contributed by atoms with Crippen LogP contribution in [0.25, 0.3) is 11.0 Å². The predicted octanol–water partition coefficient (Wildman–Crippen LogP) is 6.42. The minimum absolute atomic E-state index is 0. The molecule has 0 radical (unpaired) electrons. The minimum Gasteiger partial charge on any atom is -0.306 e. The number of unbranched alkanes of at least 4 members (excludes halogenated alkanes) is 3. The Morgan fingerprint density at radius 2 is 1.23 bits per heavy atom. The Morgan fingerprint density at radius 1 is 0.692 bits per heavy atom. The molecular weight excluding hydrogens is 541 g/mol. The van der Waals surface area contributed by atoms with Crippen LogP contribution in [0.4, 0.5) is 8.78 Å². The van der Waals surface area contributed by atoms with Crippen molar-refractivity contribution in [3.8, 4) is 0 Å². The van der Waals surface area contributed by atoms with Crippen LogP contribution < -0.4 is 5.69 Å². The SMILES string of the molecule is Cl.Cl.O=c1[nH]c2ccccc2n1CCCCCCN1CCN(C(c2ccc(F)cc2)c2ccc(F)cc2)CC1. The second-order valence-corrected chi connectivity index (χ2v) is 9.90. The highest BCUT2D eigenvalue weighted by Gasteiger charge is 2.26. The van der Waals surface area contributed by atoms with Gasteiger partial charge in [0.15, 0.2) is 0 Å². The van der Waals surface area contributed by atoms with E-state index in [1.807, 2.05) is 53.1 Å². The van der Waals surface area contributed by atoms with Gasteiger partial charge < -0.3 is 9.88 Å². The molecule has 5 rings (SSSR count). The molecule has 0 amide bonds. The largest absolute Gasteiger partial charge is 0.326 e. The summed E-state index contributed by atoms with van der Waals surface area (Å²) in [6, 6.07) is 21.1. The van der Waals surface area contributed by atoms with Gasteiger partial charge in [-0.05, 0) is 66.9 Å². The second kappa shape index (κ2) is 14.6. The van der Waals surface area contributed by atoms with Gasteiger partial charge in [-0.15, -0.1) is 24.8 Å². The molecule has 1 aliphatic rings. The first-order valence-electron chi connectivity index (χ1n) is 13.2. The lowest BCUT2D eigenvalue weighted by Crippen LogP contribution is -2.48. The van der Waals surface area contributed by atoms with E-state index >= 15 is 0 Å². The molecule has 1 saturated heterocycles. The summed E-state index contributed by atoms with van der Waals surface area (Å²) in [5.74, 6) is -0.500. The molecule has 1 fully saturated rings. The fourth-order valence-electron chi connectivity index (χ4n) is 5.44. The highest BCUT2D eigenvalue weighted by molar-refractivity contribution is 5.85. The van der Waals surface area contributed by atoms with E-state index in [2.05, 4.69) is 14.8 Å². The summed E-state index contributed by atoms with van der Waals surface area (Å²) in [6.45, 7) is 5.58. The number of nitrogens with one attached hydrogen (secondary N) is 1. The Labute approximate surface area is 240 Å². The number of fused-ring (bicyclic) bond motifs is 1. The lowest BCUT2D eigenvalue weighted by Gasteiger charge is -2.40. The molecule has 0 atom stereocenters. The van der Waals surface area contributed by atoms with Crippen LogP contribution in [0.2, 0.25) is 0 Å². The number of hydrogen-bond donors (Lipinski definition) is 1. The molecule has 4 aromatic rings. The van der Waals surface area contributed by atoms with E-state index in [9.17, 15) is 13.6 Å². The number of aromatic amines is 1. The number of benzene rings is 3. The lowest BCUT2D eigenvalue weighted by molar-refractivity contribution is 0.108. The zero-order chi connectivity index (χ0) is 25.6. The molecule has 0 saturated carbocycles. The molecule has 1 aromatic heterocycles. The van der Waals surface area contributed by atoms with Gasteiger partial charge >= 0.3 is 5.69 Å². The van der Waals surface area contributed by atoms with Crippen LogP contribution in [0.5, 0.6) is 0 Å². The molecule has 2 heterocycles. The Hall–Kier alpha value is -2.71. The topological polar surface area (TPSA) is 44.3 Å². The number of nitrogens with zero attached hydrogens (tertiary/aromatic N) is 3. The number of halogens is 4. The third-order valence-corrected chi connectivity index (χ3v) is 7.43. The molecule has 3 aromatic carbocycles. The number of para-hydroxylation sites is 2. The summed E-state index contributed by atoms with van der Waals surface area (Å²) < 4.78 is 29.0. The molecule has 0 unspecified atom stereocenters. The van der Waals surface area contributed by atoms with Gasteiger partial charge in [0.2, 0.25) is 0 Å². The van der Waals surface area contributed by atoms with E-state index in [1.54, 1.807) is 0 Å². The van der Waals surface area contributed by atoms with Crippen molar-refractivity contribution in [1.29, 1.82) is 0 Å². The summed E-state index contributed by atoms with van der Waals surface area (Å²) in [5.41, 5.74) is 3.89.